The van der Waals surface area contributed by atoms with Crippen LogP contribution in [0.2, 0.25) is 5.02 Å². The van der Waals surface area contributed by atoms with Gasteiger partial charge < -0.3 is 5.32 Å². The molecule has 27 heavy (non-hydrogen) atoms. The largest absolute Gasteiger partial charge is 0.312 e. The van der Waals surface area contributed by atoms with E-state index in [0.717, 1.165) is 24.5 Å². The van der Waals surface area contributed by atoms with E-state index in [1.165, 1.54) is 61.6 Å². The van der Waals surface area contributed by atoms with Gasteiger partial charge in [-0.25, -0.2) is 0 Å². The van der Waals surface area contributed by atoms with Gasteiger partial charge in [0.1, 0.15) is 0 Å². The van der Waals surface area contributed by atoms with Crippen molar-refractivity contribution in [1.29, 1.82) is 0 Å². The van der Waals surface area contributed by atoms with Crippen LogP contribution < -0.4 is 5.32 Å². The van der Waals surface area contributed by atoms with Gasteiger partial charge in [0.2, 0.25) is 0 Å². The Morgan fingerprint density at radius 2 is 1.67 bits per heavy atom. The number of halogens is 1. The van der Waals surface area contributed by atoms with Crippen molar-refractivity contribution in [2.75, 3.05) is 6.54 Å². The third-order valence-electron chi connectivity index (χ3n) is 4.82. The molecule has 0 radical (unpaired) electrons. The molecule has 0 spiro atoms. The molecule has 0 heterocycles. The summed E-state index contributed by atoms with van der Waals surface area (Å²) in [4.78, 5) is 0. The number of nitrogens with one attached hydrogen (secondary N) is 1. The summed E-state index contributed by atoms with van der Waals surface area (Å²) in [5.41, 5.74) is 3.90. The van der Waals surface area contributed by atoms with Crippen molar-refractivity contribution in [1.82, 2.24) is 5.32 Å². The van der Waals surface area contributed by atoms with E-state index < -0.39 is 0 Å². The summed E-state index contributed by atoms with van der Waals surface area (Å²) in [5, 5.41) is 4.32. The molecule has 2 aromatic carbocycles. The lowest BCUT2D eigenvalue weighted by molar-refractivity contribution is 0.611. The van der Waals surface area contributed by atoms with Crippen molar-refractivity contribution in [3.05, 3.63) is 76.3 Å². The number of benzene rings is 2. The van der Waals surface area contributed by atoms with E-state index in [9.17, 15) is 0 Å². The fourth-order valence-electron chi connectivity index (χ4n) is 3.17. The summed E-state index contributed by atoms with van der Waals surface area (Å²) in [6.07, 6.45) is 14.9. The summed E-state index contributed by atoms with van der Waals surface area (Å²) in [6, 6.07) is 17.0. The van der Waals surface area contributed by atoms with Gasteiger partial charge in [0, 0.05) is 11.6 Å². The molecule has 2 aromatic rings. The lowest BCUT2D eigenvalue weighted by Crippen LogP contribution is -2.16. The quantitative estimate of drug-likeness (QED) is 0.354. The minimum Gasteiger partial charge on any atom is -0.312 e. The van der Waals surface area contributed by atoms with Crippen molar-refractivity contribution in [2.45, 2.75) is 64.8 Å². The zero-order chi connectivity index (χ0) is 19.2. The SMILES string of the molecule is CCCCCCCC/C=C\c1ccc(CNCCc2cccc(Cl)c2)cc1. The van der Waals surface area contributed by atoms with Crippen molar-refractivity contribution in [3.8, 4) is 0 Å². The van der Waals surface area contributed by atoms with Crippen LogP contribution in [0.4, 0.5) is 0 Å². The smallest absolute Gasteiger partial charge is 0.0408 e. The lowest BCUT2D eigenvalue weighted by atomic mass is 10.1. The van der Waals surface area contributed by atoms with Crippen LogP contribution in [0, 0.1) is 0 Å². The molecule has 0 aliphatic heterocycles. The van der Waals surface area contributed by atoms with Gasteiger partial charge in [-0.3, -0.25) is 0 Å². The fraction of sp³-hybridized carbons (Fsp3) is 0.440. The molecule has 2 heteroatoms. The first-order valence-electron chi connectivity index (χ1n) is 10.5. The van der Waals surface area contributed by atoms with Crippen LogP contribution in [0.1, 0.15) is 68.6 Å². The van der Waals surface area contributed by atoms with Gasteiger partial charge in [0.25, 0.3) is 0 Å². The van der Waals surface area contributed by atoms with Crippen molar-refractivity contribution < 1.29 is 0 Å². The number of allylic oxidation sites excluding steroid dienone is 1. The van der Waals surface area contributed by atoms with E-state index in [1.807, 2.05) is 18.2 Å². The van der Waals surface area contributed by atoms with Gasteiger partial charge in [-0.1, -0.05) is 99.2 Å². The summed E-state index contributed by atoms with van der Waals surface area (Å²) in [7, 11) is 0. The van der Waals surface area contributed by atoms with Crippen molar-refractivity contribution in [3.63, 3.8) is 0 Å². The first-order chi connectivity index (χ1) is 13.3. The monoisotopic (exact) mass is 383 g/mol. The predicted molar refractivity (Wildman–Crippen MR) is 120 cm³/mol. The van der Waals surface area contributed by atoms with E-state index in [4.69, 9.17) is 11.6 Å². The second kappa shape index (κ2) is 13.6. The lowest BCUT2D eigenvalue weighted by Gasteiger charge is -2.06. The summed E-state index contributed by atoms with van der Waals surface area (Å²) < 4.78 is 0. The standard InChI is InChI=1S/C25H34ClN/c1-2-3-4-5-6-7-8-9-11-22-14-16-24(17-15-22)21-27-19-18-23-12-10-13-25(26)20-23/h9-17,20,27H,2-8,18-19,21H2,1H3/b11-9-. The Bertz CT molecular complexity index is 660. The average Bonchev–Trinajstić information content (AvgIpc) is 2.68. The first kappa shape index (κ1) is 21.7. The van der Waals surface area contributed by atoms with E-state index in [-0.39, 0.29) is 0 Å². The molecule has 0 aromatic heterocycles. The van der Waals surface area contributed by atoms with Crippen LogP contribution in [0.5, 0.6) is 0 Å². The molecule has 1 nitrogen and oxygen atoms in total. The molecule has 146 valence electrons. The maximum atomic E-state index is 6.02. The molecule has 0 atom stereocenters. The maximum Gasteiger partial charge on any atom is 0.0408 e. The van der Waals surface area contributed by atoms with Crippen molar-refractivity contribution in [2.24, 2.45) is 0 Å². The Labute approximate surface area is 170 Å². The Morgan fingerprint density at radius 1 is 0.889 bits per heavy atom. The molecular weight excluding hydrogens is 350 g/mol. The van der Waals surface area contributed by atoms with Crippen LogP contribution in [0.25, 0.3) is 6.08 Å². The highest BCUT2D eigenvalue weighted by molar-refractivity contribution is 6.30. The second-order valence-corrected chi connectivity index (χ2v) is 7.69. The number of unbranched alkanes of at least 4 members (excludes halogenated alkanes) is 6. The normalized spacial score (nSPS) is 11.3. The van der Waals surface area contributed by atoms with Gasteiger partial charge in [0.15, 0.2) is 0 Å². The Hall–Kier alpha value is -1.57. The Balaban J connectivity index is 1.59. The predicted octanol–water partition coefficient (Wildman–Crippen LogP) is 7.44. The molecule has 0 unspecified atom stereocenters. The Kier molecular flexibility index (Phi) is 10.9. The van der Waals surface area contributed by atoms with Gasteiger partial charge >= 0.3 is 0 Å². The topological polar surface area (TPSA) is 12.0 Å². The highest BCUT2D eigenvalue weighted by atomic mass is 35.5. The average molecular weight is 384 g/mol. The molecule has 0 aliphatic rings. The first-order valence-corrected chi connectivity index (χ1v) is 10.9. The van der Waals surface area contributed by atoms with E-state index >= 15 is 0 Å². The van der Waals surface area contributed by atoms with Gasteiger partial charge in [-0.05, 0) is 54.6 Å². The zero-order valence-corrected chi connectivity index (χ0v) is 17.5. The molecule has 2 rings (SSSR count). The molecular formula is C25H34ClN. The van der Waals surface area contributed by atoms with E-state index in [1.54, 1.807) is 0 Å². The molecule has 0 aliphatic carbocycles. The molecule has 0 bridgehead atoms. The van der Waals surface area contributed by atoms with Crippen LogP contribution in [0.3, 0.4) is 0 Å². The third kappa shape index (κ3) is 9.79. The summed E-state index contributed by atoms with van der Waals surface area (Å²) in [5.74, 6) is 0. The maximum absolute atomic E-state index is 6.02. The molecule has 0 amide bonds. The van der Waals surface area contributed by atoms with Crippen molar-refractivity contribution >= 4 is 17.7 Å². The second-order valence-electron chi connectivity index (χ2n) is 7.26. The van der Waals surface area contributed by atoms with Gasteiger partial charge in [-0.15, -0.1) is 0 Å². The highest BCUT2D eigenvalue weighted by Gasteiger charge is 1.96. The van der Waals surface area contributed by atoms with Crippen LogP contribution in [0.15, 0.2) is 54.6 Å². The highest BCUT2D eigenvalue weighted by Crippen LogP contribution is 2.12. The third-order valence-corrected chi connectivity index (χ3v) is 5.06. The minimum absolute atomic E-state index is 0.813. The van der Waals surface area contributed by atoms with E-state index in [2.05, 4.69) is 54.7 Å². The number of hydrogen-bond acceptors (Lipinski definition) is 1. The fourth-order valence-corrected chi connectivity index (χ4v) is 3.38. The van der Waals surface area contributed by atoms with Crippen LogP contribution in [-0.4, -0.2) is 6.54 Å². The van der Waals surface area contributed by atoms with Gasteiger partial charge in [0.05, 0.1) is 0 Å². The van der Waals surface area contributed by atoms with E-state index in [0.29, 0.717) is 0 Å². The number of rotatable bonds is 13. The van der Waals surface area contributed by atoms with Gasteiger partial charge in [-0.2, -0.15) is 0 Å². The summed E-state index contributed by atoms with van der Waals surface area (Å²) >= 11 is 6.02. The number of hydrogen-bond donors (Lipinski definition) is 1. The molecule has 0 fully saturated rings. The van der Waals surface area contributed by atoms with Crippen LogP contribution in [-0.2, 0) is 13.0 Å². The molecule has 1 N–H and O–H groups in total. The zero-order valence-electron chi connectivity index (χ0n) is 16.7. The minimum atomic E-state index is 0.813. The van der Waals surface area contributed by atoms with Crippen LogP contribution >= 0.6 is 11.6 Å². The Morgan fingerprint density at radius 3 is 2.44 bits per heavy atom. The summed E-state index contributed by atoms with van der Waals surface area (Å²) in [6.45, 7) is 4.13. The molecule has 0 saturated heterocycles. The molecule has 0 saturated carbocycles.